The van der Waals surface area contributed by atoms with E-state index < -0.39 is 40.4 Å². The van der Waals surface area contributed by atoms with E-state index in [4.69, 9.17) is 13.6 Å². The number of ether oxygens (including phenoxy) is 1. The van der Waals surface area contributed by atoms with E-state index in [0.717, 1.165) is 37.8 Å². The second kappa shape index (κ2) is 23.2. The van der Waals surface area contributed by atoms with Gasteiger partial charge >= 0.3 is 12.1 Å². The van der Waals surface area contributed by atoms with Gasteiger partial charge in [-0.2, -0.15) is 13.2 Å². The summed E-state index contributed by atoms with van der Waals surface area (Å²) in [5, 5.41) is 3.73. The highest BCUT2D eigenvalue weighted by atomic mass is 28.4. The fraction of sp³-hybridized carbons (Fsp3) is 0.783. The van der Waals surface area contributed by atoms with Crippen molar-refractivity contribution >= 4 is 22.6 Å². The number of nitrogens with one attached hydrogen (secondary N) is 1. The second-order valence-corrected chi connectivity index (χ2v) is 29.2. The molecule has 322 valence electrons. The van der Waals surface area contributed by atoms with Crippen molar-refractivity contribution in [1.29, 1.82) is 0 Å². The summed E-state index contributed by atoms with van der Waals surface area (Å²) in [4.78, 5) is 13.5. The summed E-state index contributed by atoms with van der Waals surface area (Å²) in [5.41, 5.74) is 5.30. The van der Waals surface area contributed by atoms with Gasteiger partial charge in [-0.1, -0.05) is 128 Å². The molecule has 1 saturated heterocycles. The standard InChI is InChI=1S/C46H80F3NO4Si2/c1-15-16-17-18-20-26-41(53-55(32(2)3,33(4)5)34(6)7)27-21-19-22-28-44(52-45(51)39-24-23-25-40(31-39)46(47,48)49)42-29-30-43(38(14)50-42)54-56(35(8)9,36(10)11)37(12)13/h19,23-25,27,31-38,41-44,50H,15-18,20,22,26,28-30H2,1-14H3/t21?,38-,41-,42+,43+,44+/m0/s1. The molecule has 0 amide bonds. The van der Waals surface area contributed by atoms with Crippen LogP contribution in [0, 0.1) is 0 Å². The molecule has 0 aliphatic carbocycles. The Labute approximate surface area is 342 Å². The number of esters is 1. The smallest absolute Gasteiger partial charge is 0.416 e. The average Bonchev–Trinajstić information content (AvgIpc) is 3.10. The van der Waals surface area contributed by atoms with E-state index in [1.807, 2.05) is 6.08 Å². The number of benzene rings is 1. The van der Waals surface area contributed by atoms with Crippen LogP contribution in [0.5, 0.6) is 0 Å². The zero-order chi connectivity index (χ0) is 42.4. The van der Waals surface area contributed by atoms with Gasteiger partial charge in [-0.15, -0.1) is 5.73 Å². The summed E-state index contributed by atoms with van der Waals surface area (Å²) in [6, 6.07) is 4.36. The third-order valence-electron chi connectivity index (χ3n) is 12.6. The van der Waals surface area contributed by atoms with Crippen molar-refractivity contribution in [3.63, 3.8) is 0 Å². The Morgan fingerprint density at radius 2 is 1.41 bits per heavy atom. The van der Waals surface area contributed by atoms with Crippen molar-refractivity contribution in [3.05, 3.63) is 53.3 Å². The van der Waals surface area contributed by atoms with E-state index in [1.165, 1.54) is 37.8 Å². The third kappa shape index (κ3) is 13.7. The number of alkyl halides is 3. The molecule has 2 rings (SSSR count). The minimum atomic E-state index is -4.55. The lowest BCUT2D eigenvalue weighted by molar-refractivity contribution is -0.137. The van der Waals surface area contributed by atoms with E-state index in [-0.39, 0.29) is 29.9 Å². The molecular weight excluding hydrogens is 744 g/mol. The zero-order valence-electron chi connectivity index (χ0n) is 37.7. The molecule has 0 saturated carbocycles. The van der Waals surface area contributed by atoms with Crippen molar-refractivity contribution in [2.75, 3.05) is 0 Å². The Hall–Kier alpha value is -1.69. The van der Waals surface area contributed by atoms with Gasteiger partial charge in [0.15, 0.2) is 0 Å². The summed E-state index contributed by atoms with van der Waals surface area (Å²) in [6.45, 7) is 32.0. The first-order chi connectivity index (χ1) is 26.1. The van der Waals surface area contributed by atoms with Gasteiger partial charge in [0.05, 0.1) is 23.3 Å². The van der Waals surface area contributed by atoms with Crippen LogP contribution in [0.15, 0.2) is 42.1 Å². The predicted octanol–water partition coefficient (Wildman–Crippen LogP) is 14.3. The molecule has 1 aliphatic rings. The highest BCUT2D eigenvalue weighted by molar-refractivity contribution is 6.78. The minimum absolute atomic E-state index is 0.0164. The molecule has 0 bridgehead atoms. The molecule has 0 spiro atoms. The highest BCUT2D eigenvalue weighted by Gasteiger charge is 2.49. The molecule has 0 aromatic heterocycles. The van der Waals surface area contributed by atoms with Gasteiger partial charge < -0.3 is 18.9 Å². The first-order valence-electron chi connectivity index (χ1n) is 22.1. The summed E-state index contributed by atoms with van der Waals surface area (Å²) in [5.74, 6) is -0.742. The Bertz CT molecular complexity index is 1330. The van der Waals surface area contributed by atoms with Crippen LogP contribution >= 0.6 is 0 Å². The number of carbonyl (C=O) groups excluding carboxylic acids is 1. The molecular formula is C46H80F3NO4Si2. The number of rotatable bonds is 23. The van der Waals surface area contributed by atoms with Crippen LogP contribution in [-0.2, 0) is 19.8 Å². The summed E-state index contributed by atoms with van der Waals surface area (Å²) >= 11 is 0. The molecule has 0 radical (unpaired) electrons. The lowest BCUT2D eigenvalue weighted by Gasteiger charge is -2.48. The molecule has 0 unspecified atom stereocenters. The van der Waals surface area contributed by atoms with E-state index in [2.05, 4.69) is 114 Å². The number of piperidine rings is 1. The molecule has 1 heterocycles. The molecule has 1 aliphatic heterocycles. The second-order valence-electron chi connectivity index (χ2n) is 18.4. The van der Waals surface area contributed by atoms with Crippen LogP contribution in [-0.4, -0.2) is 53.0 Å². The Morgan fingerprint density at radius 3 is 1.93 bits per heavy atom. The van der Waals surface area contributed by atoms with E-state index in [9.17, 15) is 18.0 Å². The zero-order valence-corrected chi connectivity index (χ0v) is 39.7. The molecule has 1 aromatic carbocycles. The average molecular weight is 824 g/mol. The van der Waals surface area contributed by atoms with Crippen LogP contribution in [0.3, 0.4) is 0 Å². The van der Waals surface area contributed by atoms with E-state index in [1.54, 1.807) is 0 Å². The van der Waals surface area contributed by atoms with Gasteiger partial charge in [0.1, 0.15) is 6.10 Å². The molecule has 56 heavy (non-hydrogen) atoms. The quantitative estimate of drug-likeness (QED) is 0.0516. The van der Waals surface area contributed by atoms with Crippen LogP contribution in [0.2, 0.25) is 33.2 Å². The number of unbranched alkanes of at least 4 members (excludes halogenated alkanes) is 4. The lowest BCUT2D eigenvalue weighted by Crippen LogP contribution is -2.59. The van der Waals surface area contributed by atoms with Gasteiger partial charge in [-0.05, 0) is 103 Å². The largest absolute Gasteiger partial charge is 0.457 e. The van der Waals surface area contributed by atoms with Gasteiger partial charge in [0.25, 0.3) is 0 Å². The minimum Gasteiger partial charge on any atom is -0.457 e. The van der Waals surface area contributed by atoms with Crippen LogP contribution in [0.25, 0.3) is 0 Å². The number of halogens is 3. The van der Waals surface area contributed by atoms with E-state index >= 15 is 0 Å². The highest BCUT2D eigenvalue weighted by Crippen LogP contribution is 2.45. The van der Waals surface area contributed by atoms with Crippen LogP contribution < -0.4 is 5.32 Å². The molecule has 5 nitrogen and oxygen atoms in total. The molecule has 5 atom stereocenters. The summed E-state index contributed by atoms with van der Waals surface area (Å²) in [6.07, 6.45) is 8.65. The van der Waals surface area contributed by atoms with Crippen molar-refractivity contribution in [2.24, 2.45) is 0 Å². The van der Waals surface area contributed by atoms with Gasteiger partial charge in [-0.3, -0.25) is 0 Å². The molecule has 1 N–H and O–H groups in total. The topological polar surface area (TPSA) is 56.8 Å². The van der Waals surface area contributed by atoms with Gasteiger partial charge in [0.2, 0.25) is 16.6 Å². The van der Waals surface area contributed by atoms with Crippen LogP contribution in [0.1, 0.15) is 177 Å². The molecule has 1 fully saturated rings. The number of carbonyl (C=O) groups is 1. The first kappa shape index (κ1) is 50.5. The van der Waals surface area contributed by atoms with Crippen LogP contribution in [0.4, 0.5) is 13.2 Å². The third-order valence-corrected chi connectivity index (χ3v) is 24.9. The van der Waals surface area contributed by atoms with Crippen molar-refractivity contribution in [1.82, 2.24) is 5.32 Å². The van der Waals surface area contributed by atoms with Crippen molar-refractivity contribution in [2.45, 2.75) is 231 Å². The maximum Gasteiger partial charge on any atom is 0.416 e. The Morgan fingerprint density at radius 1 is 0.839 bits per heavy atom. The summed E-state index contributed by atoms with van der Waals surface area (Å²) in [7, 11) is -4.25. The van der Waals surface area contributed by atoms with Crippen molar-refractivity contribution in [3.8, 4) is 0 Å². The van der Waals surface area contributed by atoms with Gasteiger partial charge in [-0.25, -0.2) is 4.79 Å². The maximum atomic E-state index is 13.6. The van der Waals surface area contributed by atoms with Crippen molar-refractivity contribution < 1.29 is 31.6 Å². The normalized spacial score (nSPS) is 19.6. The first-order valence-corrected chi connectivity index (χ1v) is 26.3. The molecule has 10 heteroatoms. The Kier molecular flexibility index (Phi) is 20.9. The SMILES string of the molecule is CCCCCCC[C@@H](C=C=CCC[C@@H](OC(=O)c1cccc(C(F)(F)F)c1)[C@H]1CC[C@@H](O[Si](C(C)C)(C(C)C)C(C)C)[C@H](C)N1)O[Si](C(C)C)(C(C)C)C(C)C. The fourth-order valence-electron chi connectivity index (χ4n) is 9.92. The van der Waals surface area contributed by atoms with Gasteiger partial charge in [0, 0.05) is 12.1 Å². The summed E-state index contributed by atoms with van der Waals surface area (Å²) < 4.78 is 61.2. The number of hydrogen-bond acceptors (Lipinski definition) is 5. The number of hydrogen-bond donors (Lipinski definition) is 1. The molecule has 1 aromatic rings. The maximum absolute atomic E-state index is 13.6. The van der Waals surface area contributed by atoms with E-state index in [0.29, 0.717) is 46.1 Å². The predicted molar refractivity (Wildman–Crippen MR) is 233 cm³/mol. The Balaban J connectivity index is 2.37. The lowest BCUT2D eigenvalue weighted by atomic mass is 9.91. The fourth-order valence-corrected chi connectivity index (χ4v) is 21.1. The monoisotopic (exact) mass is 824 g/mol.